The predicted molar refractivity (Wildman–Crippen MR) is 123 cm³/mol. The summed E-state index contributed by atoms with van der Waals surface area (Å²) in [5.74, 6) is 0.722. The van der Waals surface area contributed by atoms with Crippen LogP contribution in [0.5, 0.6) is 0 Å². The predicted octanol–water partition coefficient (Wildman–Crippen LogP) is 3.69. The minimum Gasteiger partial charge on any atom is -0.385 e. The van der Waals surface area contributed by atoms with Crippen molar-refractivity contribution in [3.63, 3.8) is 0 Å². The highest BCUT2D eigenvalue weighted by molar-refractivity contribution is 6.42. The highest BCUT2D eigenvalue weighted by Crippen LogP contribution is 2.26. The lowest BCUT2D eigenvalue weighted by Crippen LogP contribution is -2.55. The molecule has 2 saturated heterocycles. The number of hydrogen-bond acceptors (Lipinski definition) is 4. The Kier molecular flexibility index (Phi) is 9.02. The van der Waals surface area contributed by atoms with Crippen molar-refractivity contribution < 1.29 is 14.3 Å². The molecule has 1 aromatic carbocycles. The van der Waals surface area contributed by atoms with Gasteiger partial charge in [-0.2, -0.15) is 0 Å². The molecular weight excluding hydrogens is 437 g/mol. The van der Waals surface area contributed by atoms with E-state index in [0.717, 1.165) is 64.1 Å². The molecule has 0 aliphatic carbocycles. The summed E-state index contributed by atoms with van der Waals surface area (Å²) in [5, 5.41) is 1.13. The van der Waals surface area contributed by atoms with Crippen LogP contribution in [0, 0.1) is 5.92 Å². The second-order valence-corrected chi connectivity index (χ2v) is 9.47. The van der Waals surface area contributed by atoms with Crippen molar-refractivity contribution in [2.75, 3.05) is 46.4 Å². The Hall–Kier alpha value is -1.34. The zero-order valence-corrected chi connectivity index (χ0v) is 20.0. The van der Waals surface area contributed by atoms with Crippen LogP contribution >= 0.6 is 23.2 Å². The van der Waals surface area contributed by atoms with Crippen molar-refractivity contribution >= 4 is 35.0 Å². The molecule has 0 aromatic heterocycles. The van der Waals surface area contributed by atoms with E-state index in [1.54, 1.807) is 14.0 Å². The van der Waals surface area contributed by atoms with Crippen LogP contribution in [0.15, 0.2) is 18.2 Å². The third-order valence-electron chi connectivity index (χ3n) is 6.46. The van der Waals surface area contributed by atoms with Gasteiger partial charge in [0.05, 0.1) is 10.0 Å². The third-order valence-corrected chi connectivity index (χ3v) is 7.19. The molecule has 0 unspecified atom stereocenters. The molecule has 2 aliphatic rings. The Morgan fingerprint density at radius 2 is 1.84 bits per heavy atom. The van der Waals surface area contributed by atoms with Crippen LogP contribution in [0.4, 0.5) is 0 Å². The topological polar surface area (TPSA) is 53.1 Å². The average molecular weight is 470 g/mol. The molecule has 3 rings (SSSR count). The quantitative estimate of drug-likeness (QED) is 0.610. The number of methoxy groups -OCH3 is 1. The zero-order valence-electron chi connectivity index (χ0n) is 18.5. The van der Waals surface area contributed by atoms with Crippen LogP contribution in [0.2, 0.25) is 10.0 Å². The molecule has 1 atom stereocenters. The number of piperazine rings is 1. The SMILES string of the molecule is COCC[C@H]1CN(Cc2ccc(Cl)c(Cl)c2)CCN1C(=O)CC1CCN(C(C)=O)CC1. The number of piperidine rings is 1. The minimum absolute atomic E-state index is 0.127. The first-order valence-corrected chi connectivity index (χ1v) is 11.8. The van der Waals surface area contributed by atoms with Crippen LogP contribution in [0.1, 0.15) is 38.2 Å². The second-order valence-electron chi connectivity index (χ2n) is 8.66. The van der Waals surface area contributed by atoms with E-state index < -0.39 is 0 Å². The largest absolute Gasteiger partial charge is 0.385 e. The number of carbonyl (C=O) groups excluding carboxylic acids is 2. The molecule has 172 valence electrons. The van der Waals surface area contributed by atoms with E-state index in [2.05, 4.69) is 9.80 Å². The summed E-state index contributed by atoms with van der Waals surface area (Å²) in [7, 11) is 1.70. The van der Waals surface area contributed by atoms with Crippen LogP contribution in [-0.4, -0.2) is 79.0 Å². The van der Waals surface area contributed by atoms with Gasteiger partial charge in [0.2, 0.25) is 11.8 Å². The fourth-order valence-electron chi connectivity index (χ4n) is 4.60. The summed E-state index contributed by atoms with van der Waals surface area (Å²) in [6.07, 6.45) is 3.21. The summed E-state index contributed by atoms with van der Waals surface area (Å²) < 4.78 is 5.31. The smallest absolute Gasteiger partial charge is 0.223 e. The first-order valence-electron chi connectivity index (χ1n) is 11.1. The summed E-state index contributed by atoms with van der Waals surface area (Å²) in [5.41, 5.74) is 1.12. The number of amides is 2. The van der Waals surface area contributed by atoms with Crippen molar-refractivity contribution in [1.29, 1.82) is 0 Å². The molecule has 0 radical (unpaired) electrons. The van der Waals surface area contributed by atoms with E-state index in [1.165, 1.54) is 0 Å². The molecule has 0 bridgehead atoms. The highest BCUT2D eigenvalue weighted by atomic mass is 35.5. The summed E-state index contributed by atoms with van der Waals surface area (Å²) in [6.45, 7) is 6.92. The first-order chi connectivity index (χ1) is 14.9. The molecule has 2 heterocycles. The van der Waals surface area contributed by atoms with Crippen LogP contribution in [-0.2, 0) is 20.9 Å². The van der Waals surface area contributed by atoms with Gasteiger partial charge in [-0.15, -0.1) is 0 Å². The van der Waals surface area contributed by atoms with E-state index in [0.29, 0.717) is 29.0 Å². The monoisotopic (exact) mass is 469 g/mol. The minimum atomic E-state index is 0.127. The van der Waals surface area contributed by atoms with Gasteiger partial charge in [-0.05, 0) is 42.9 Å². The standard InChI is InChI=1S/C23H33Cl2N3O3/c1-17(29)27-8-5-18(6-9-27)14-23(30)28-11-10-26(16-20(28)7-12-31-2)15-19-3-4-21(24)22(25)13-19/h3-4,13,18,20H,5-12,14-16H2,1-2H3/t20-/m0/s1. The maximum atomic E-state index is 13.2. The van der Waals surface area contributed by atoms with E-state index in [9.17, 15) is 9.59 Å². The number of halogens is 2. The molecular formula is C23H33Cl2N3O3. The van der Waals surface area contributed by atoms with Gasteiger partial charge in [0.1, 0.15) is 0 Å². The normalized spacial score (nSPS) is 20.8. The third kappa shape index (κ3) is 6.82. The second kappa shape index (κ2) is 11.5. The number of ether oxygens (including phenoxy) is 1. The molecule has 0 spiro atoms. The van der Waals surface area contributed by atoms with Crippen LogP contribution < -0.4 is 0 Å². The van der Waals surface area contributed by atoms with Crippen LogP contribution in [0.3, 0.4) is 0 Å². The number of nitrogens with zero attached hydrogens (tertiary/aromatic N) is 3. The Labute approximate surface area is 195 Å². The number of likely N-dealkylation sites (tertiary alicyclic amines) is 1. The van der Waals surface area contributed by atoms with Gasteiger partial charge < -0.3 is 14.5 Å². The van der Waals surface area contributed by atoms with Crippen molar-refractivity contribution in [2.45, 2.75) is 45.2 Å². The molecule has 2 fully saturated rings. The summed E-state index contributed by atoms with van der Waals surface area (Å²) >= 11 is 12.2. The average Bonchev–Trinajstić information content (AvgIpc) is 2.75. The lowest BCUT2D eigenvalue weighted by molar-refractivity contribution is -0.138. The Balaban J connectivity index is 1.56. The lowest BCUT2D eigenvalue weighted by atomic mass is 9.92. The molecule has 6 nitrogen and oxygen atoms in total. The van der Waals surface area contributed by atoms with Crippen LogP contribution in [0.25, 0.3) is 0 Å². The molecule has 2 aliphatic heterocycles. The molecule has 31 heavy (non-hydrogen) atoms. The van der Waals surface area contributed by atoms with E-state index in [-0.39, 0.29) is 17.9 Å². The zero-order chi connectivity index (χ0) is 22.4. The maximum Gasteiger partial charge on any atom is 0.223 e. The van der Waals surface area contributed by atoms with E-state index in [4.69, 9.17) is 27.9 Å². The van der Waals surface area contributed by atoms with Gasteiger partial charge in [0.25, 0.3) is 0 Å². The number of rotatable bonds is 7. The number of benzene rings is 1. The summed E-state index contributed by atoms with van der Waals surface area (Å²) in [6, 6.07) is 5.89. The molecule has 0 N–H and O–H groups in total. The Morgan fingerprint density at radius 1 is 1.10 bits per heavy atom. The molecule has 0 saturated carbocycles. The van der Waals surface area contributed by atoms with Gasteiger partial charge in [-0.1, -0.05) is 29.3 Å². The fourth-order valence-corrected chi connectivity index (χ4v) is 4.93. The van der Waals surface area contributed by atoms with Crippen molar-refractivity contribution in [1.82, 2.24) is 14.7 Å². The van der Waals surface area contributed by atoms with Gasteiger partial charge in [0, 0.05) is 72.4 Å². The van der Waals surface area contributed by atoms with Crippen molar-refractivity contribution in [3.8, 4) is 0 Å². The van der Waals surface area contributed by atoms with Crippen molar-refractivity contribution in [3.05, 3.63) is 33.8 Å². The molecule has 2 amide bonds. The van der Waals surface area contributed by atoms with Gasteiger partial charge in [-0.3, -0.25) is 14.5 Å². The van der Waals surface area contributed by atoms with Gasteiger partial charge >= 0.3 is 0 Å². The molecule has 1 aromatic rings. The Morgan fingerprint density at radius 3 is 2.48 bits per heavy atom. The molecule has 8 heteroatoms. The summed E-state index contributed by atoms with van der Waals surface area (Å²) in [4.78, 5) is 31.0. The first kappa shape index (κ1) is 24.3. The van der Waals surface area contributed by atoms with E-state index in [1.807, 2.05) is 23.1 Å². The van der Waals surface area contributed by atoms with E-state index >= 15 is 0 Å². The van der Waals surface area contributed by atoms with Gasteiger partial charge in [0.15, 0.2) is 0 Å². The van der Waals surface area contributed by atoms with Crippen molar-refractivity contribution in [2.24, 2.45) is 5.92 Å². The Bertz CT molecular complexity index is 768. The number of carbonyl (C=O) groups is 2. The lowest BCUT2D eigenvalue weighted by Gasteiger charge is -2.42. The fraction of sp³-hybridized carbons (Fsp3) is 0.652. The van der Waals surface area contributed by atoms with Gasteiger partial charge in [-0.25, -0.2) is 0 Å². The highest BCUT2D eigenvalue weighted by Gasteiger charge is 2.32. The number of hydrogen-bond donors (Lipinski definition) is 0. The maximum absolute atomic E-state index is 13.2.